The number of carbonyl (C=O) groups is 2. The van der Waals surface area contributed by atoms with Crippen LogP contribution in [0.25, 0.3) is 0 Å². The van der Waals surface area contributed by atoms with Crippen LogP contribution in [0.3, 0.4) is 0 Å². The highest BCUT2D eigenvalue weighted by Gasteiger charge is 2.67. The van der Waals surface area contributed by atoms with Crippen LogP contribution < -0.4 is 0 Å². The summed E-state index contributed by atoms with van der Waals surface area (Å²) in [5.74, 6) is -0.374. The van der Waals surface area contributed by atoms with Crippen molar-refractivity contribution in [3.63, 3.8) is 0 Å². The Hall–Kier alpha value is -1.24. The van der Waals surface area contributed by atoms with Crippen molar-refractivity contribution in [2.75, 3.05) is 13.2 Å². The Kier molecular flexibility index (Phi) is 3.93. The first-order chi connectivity index (χ1) is 12.2. The third kappa shape index (κ3) is 2.09. The molecule has 1 aliphatic heterocycles. The van der Waals surface area contributed by atoms with Gasteiger partial charge in [-0.25, -0.2) is 4.79 Å². The lowest BCUT2D eigenvalue weighted by Crippen LogP contribution is -2.60. The number of ketones is 1. The van der Waals surface area contributed by atoms with E-state index in [-0.39, 0.29) is 35.7 Å². The summed E-state index contributed by atoms with van der Waals surface area (Å²) < 4.78 is 5.32. The molecule has 3 saturated carbocycles. The number of esters is 1. The molecule has 144 valence electrons. The fraction of sp³-hybridized carbons (Fsp3) is 0.800. The number of hydrogen-bond donors (Lipinski definition) is 3. The number of fused-ring (bicyclic) bond motifs is 5. The maximum atomic E-state index is 12.3. The molecule has 6 nitrogen and oxygen atoms in total. The van der Waals surface area contributed by atoms with Crippen molar-refractivity contribution in [2.45, 2.75) is 57.7 Å². The predicted octanol–water partition coefficient (Wildman–Crippen LogP) is 0.975. The van der Waals surface area contributed by atoms with Gasteiger partial charge in [-0.15, -0.1) is 0 Å². The average molecular weight is 364 g/mol. The van der Waals surface area contributed by atoms with Gasteiger partial charge in [-0.1, -0.05) is 13.8 Å². The smallest absolute Gasteiger partial charge is 0.330 e. The Balaban J connectivity index is 1.72. The minimum Gasteiger partial charge on any atom is -0.462 e. The summed E-state index contributed by atoms with van der Waals surface area (Å²) in [5, 5.41) is 31.3. The topological polar surface area (TPSA) is 104 Å². The molecular formula is C20H28O6. The molecule has 0 aromatic carbocycles. The zero-order valence-corrected chi connectivity index (χ0v) is 15.4. The van der Waals surface area contributed by atoms with Gasteiger partial charge in [0.05, 0.1) is 6.10 Å². The van der Waals surface area contributed by atoms with Crippen molar-refractivity contribution < 1.29 is 29.6 Å². The second-order valence-electron chi connectivity index (χ2n) is 9.19. The van der Waals surface area contributed by atoms with E-state index in [2.05, 4.69) is 6.92 Å². The van der Waals surface area contributed by atoms with E-state index in [1.165, 1.54) is 6.08 Å². The molecular weight excluding hydrogens is 336 g/mol. The zero-order chi connectivity index (χ0) is 18.9. The van der Waals surface area contributed by atoms with Crippen molar-refractivity contribution in [3.8, 4) is 0 Å². The van der Waals surface area contributed by atoms with Crippen LogP contribution in [0.5, 0.6) is 0 Å². The number of aliphatic hydroxyl groups is 3. The molecule has 3 aliphatic carbocycles. The van der Waals surface area contributed by atoms with E-state index in [1.807, 2.05) is 6.92 Å². The Morgan fingerprint density at radius 3 is 2.65 bits per heavy atom. The first-order valence-electron chi connectivity index (χ1n) is 9.61. The molecule has 0 amide bonds. The summed E-state index contributed by atoms with van der Waals surface area (Å²) >= 11 is 0. The van der Waals surface area contributed by atoms with Gasteiger partial charge in [-0.2, -0.15) is 0 Å². The van der Waals surface area contributed by atoms with Crippen molar-refractivity contribution in [1.82, 2.24) is 0 Å². The molecule has 0 aromatic rings. The maximum Gasteiger partial charge on any atom is 0.330 e. The molecule has 0 bridgehead atoms. The van der Waals surface area contributed by atoms with Crippen LogP contribution in [0, 0.1) is 28.6 Å². The number of carbonyl (C=O) groups excluding carboxylic acids is 2. The largest absolute Gasteiger partial charge is 0.462 e. The van der Waals surface area contributed by atoms with E-state index in [0.717, 1.165) is 12.0 Å². The molecule has 3 fully saturated rings. The van der Waals surface area contributed by atoms with Crippen molar-refractivity contribution >= 4 is 11.8 Å². The van der Waals surface area contributed by atoms with Gasteiger partial charge in [-0.3, -0.25) is 4.79 Å². The number of Topliss-reactive ketones (excluding diaryl/α,β-unsaturated/α-hetero) is 1. The summed E-state index contributed by atoms with van der Waals surface area (Å²) in [6.45, 7) is 3.67. The zero-order valence-electron chi connectivity index (χ0n) is 15.4. The average Bonchev–Trinajstić information content (AvgIpc) is 2.88. The summed E-state index contributed by atoms with van der Waals surface area (Å²) in [6, 6.07) is 0. The molecule has 1 heterocycles. The second kappa shape index (κ2) is 5.63. The molecule has 0 aromatic heterocycles. The van der Waals surface area contributed by atoms with Gasteiger partial charge in [0.15, 0.2) is 5.78 Å². The quantitative estimate of drug-likeness (QED) is 0.631. The number of cyclic esters (lactones) is 1. The van der Waals surface area contributed by atoms with Crippen LogP contribution in [0.2, 0.25) is 0 Å². The second-order valence-corrected chi connectivity index (χ2v) is 9.19. The minimum absolute atomic E-state index is 0.104. The third-order valence-electron chi connectivity index (χ3n) is 8.31. The molecule has 0 saturated heterocycles. The standard InChI is InChI=1S/C20H28O6/c1-18-10-26-17(24)8-14(18)15(22)7-11-12(18)3-5-19(2)13(11)4-6-20(19,25)16(23)9-21/h8,11-13,15,21-22,25H,3-7,9-10H2,1-2H3/t11-,12+,13+,15-,18-,19+,20+/m1/s1. The van der Waals surface area contributed by atoms with Gasteiger partial charge in [0.25, 0.3) is 0 Å². The third-order valence-corrected chi connectivity index (χ3v) is 8.31. The van der Waals surface area contributed by atoms with Crippen LogP contribution in [-0.2, 0) is 14.3 Å². The number of aliphatic hydroxyl groups excluding tert-OH is 2. The van der Waals surface area contributed by atoms with Gasteiger partial charge in [0.2, 0.25) is 0 Å². The normalized spacial score (nSPS) is 50.2. The van der Waals surface area contributed by atoms with Crippen molar-refractivity contribution in [2.24, 2.45) is 28.6 Å². The number of hydrogen-bond acceptors (Lipinski definition) is 6. The SMILES string of the molecule is C[C@]12COC(=O)C=C1[C@H](O)C[C@@H]1[C@@H]2CC[C@@]2(C)[C@H]1CC[C@]2(O)C(=O)CO. The highest BCUT2D eigenvalue weighted by molar-refractivity contribution is 5.89. The summed E-state index contributed by atoms with van der Waals surface area (Å²) in [4.78, 5) is 24.0. The molecule has 4 rings (SSSR count). The van der Waals surface area contributed by atoms with Gasteiger partial charge in [0, 0.05) is 16.9 Å². The van der Waals surface area contributed by atoms with E-state index in [4.69, 9.17) is 4.74 Å². The fourth-order valence-corrected chi connectivity index (χ4v) is 6.83. The molecule has 6 heteroatoms. The summed E-state index contributed by atoms with van der Waals surface area (Å²) in [6.07, 6.45) is 3.87. The minimum atomic E-state index is -1.49. The van der Waals surface area contributed by atoms with E-state index in [1.54, 1.807) is 0 Å². The van der Waals surface area contributed by atoms with E-state index >= 15 is 0 Å². The number of ether oxygens (including phenoxy) is 1. The molecule has 4 aliphatic rings. The Morgan fingerprint density at radius 1 is 1.27 bits per heavy atom. The lowest BCUT2D eigenvalue weighted by molar-refractivity contribution is -0.171. The summed E-state index contributed by atoms with van der Waals surface area (Å²) in [7, 11) is 0. The Bertz CT molecular complexity index is 686. The van der Waals surface area contributed by atoms with Crippen molar-refractivity contribution in [3.05, 3.63) is 11.6 Å². The van der Waals surface area contributed by atoms with Gasteiger partial charge in [0.1, 0.15) is 18.8 Å². The van der Waals surface area contributed by atoms with Crippen LogP contribution >= 0.6 is 0 Å². The highest BCUT2D eigenvalue weighted by Crippen LogP contribution is 2.66. The summed E-state index contributed by atoms with van der Waals surface area (Å²) in [5.41, 5.74) is -1.69. The van der Waals surface area contributed by atoms with Gasteiger partial charge in [-0.05, 0) is 55.4 Å². The molecule has 0 radical (unpaired) electrons. The van der Waals surface area contributed by atoms with Gasteiger partial charge >= 0.3 is 5.97 Å². The number of rotatable bonds is 2. The van der Waals surface area contributed by atoms with Crippen molar-refractivity contribution in [1.29, 1.82) is 0 Å². The first kappa shape index (κ1) is 18.1. The van der Waals surface area contributed by atoms with Crippen LogP contribution in [0.4, 0.5) is 0 Å². The van der Waals surface area contributed by atoms with E-state index < -0.39 is 29.5 Å². The van der Waals surface area contributed by atoms with E-state index in [0.29, 0.717) is 25.7 Å². The first-order valence-corrected chi connectivity index (χ1v) is 9.61. The van der Waals surface area contributed by atoms with Crippen LogP contribution in [-0.4, -0.2) is 52.0 Å². The molecule has 26 heavy (non-hydrogen) atoms. The van der Waals surface area contributed by atoms with Crippen LogP contribution in [0.1, 0.15) is 46.0 Å². The molecule has 0 spiro atoms. The van der Waals surface area contributed by atoms with E-state index in [9.17, 15) is 24.9 Å². The molecule has 3 N–H and O–H groups in total. The highest BCUT2D eigenvalue weighted by atomic mass is 16.5. The molecule has 0 unspecified atom stereocenters. The lowest BCUT2D eigenvalue weighted by Gasteiger charge is -2.59. The monoisotopic (exact) mass is 364 g/mol. The fourth-order valence-electron chi connectivity index (χ4n) is 6.83. The maximum absolute atomic E-state index is 12.3. The van der Waals surface area contributed by atoms with Crippen LogP contribution in [0.15, 0.2) is 11.6 Å². The Morgan fingerprint density at radius 2 is 1.96 bits per heavy atom. The Labute approximate surface area is 153 Å². The molecule has 7 atom stereocenters. The predicted molar refractivity (Wildman–Crippen MR) is 91.9 cm³/mol. The van der Waals surface area contributed by atoms with Gasteiger partial charge < -0.3 is 20.1 Å². The lowest BCUT2D eigenvalue weighted by atomic mass is 9.47.